The third-order valence-corrected chi connectivity index (χ3v) is 3.74. The van der Waals surface area contributed by atoms with Gasteiger partial charge >= 0.3 is 6.03 Å². The first-order valence-electron chi connectivity index (χ1n) is 8.60. The summed E-state index contributed by atoms with van der Waals surface area (Å²) in [4.78, 5) is 24.6. The molecule has 0 aliphatic rings. The van der Waals surface area contributed by atoms with E-state index in [2.05, 4.69) is 10.6 Å². The van der Waals surface area contributed by atoms with Gasteiger partial charge in [-0.25, -0.2) is 4.79 Å². The van der Waals surface area contributed by atoms with Gasteiger partial charge in [0.15, 0.2) is 18.0 Å². The minimum Gasteiger partial charge on any atom is -0.493 e. The van der Waals surface area contributed by atoms with Gasteiger partial charge in [0.05, 0.1) is 20.8 Å². The Morgan fingerprint density at radius 1 is 1.24 bits per heavy atom. The second kappa shape index (κ2) is 10.6. The molecule has 1 aromatic rings. The molecule has 0 saturated carbocycles. The van der Waals surface area contributed by atoms with Gasteiger partial charge in [0, 0.05) is 11.6 Å². The van der Waals surface area contributed by atoms with Gasteiger partial charge in [0.25, 0.3) is 5.91 Å². The van der Waals surface area contributed by atoms with E-state index >= 15 is 0 Å². The van der Waals surface area contributed by atoms with Crippen LogP contribution in [0.5, 0.6) is 11.5 Å². The van der Waals surface area contributed by atoms with Gasteiger partial charge in [-0.15, -0.1) is 0 Å². The molecule has 1 rings (SSSR count). The zero-order valence-corrected chi connectivity index (χ0v) is 15.8. The first kappa shape index (κ1) is 20.8. The first-order chi connectivity index (χ1) is 11.9. The molecule has 3 N–H and O–H groups in total. The Morgan fingerprint density at radius 3 is 2.56 bits per heavy atom. The van der Waals surface area contributed by atoms with Gasteiger partial charge in [0.2, 0.25) is 0 Å². The number of rotatable bonds is 9. The largest absolute Gasteiger partial charge is 0.493 e. The van der Waals surface area contributed by atoms with Crippen LogP contribution in [0.3, 0.4) is 0 Å². The van der Waals surface area contributed by atoms with Gasteiger partial charge in [-0.1, -0.05) is 6.92 Å². The molecule has 0 aliphatic carbocycles. The predicted molar refractivity (Wildman–Crippen MR) is 96.0 cm³/mol. The van der Waals surface area contributed by atoms with Crippen LogP contribution in [0.2, 0.25) is 0 Å². The third kappa shape index (κ3) is 7.43. The predicted octanol–water partition coefficient (Wildman–Crippen LogP) is 0.733. The number of carbonyl (C=O) groups excluding carboxylic acids is 2. The molecule has 0 heterocycles. The second-order valence-electron chi connectivity index (χ2n) is 6.06. The number of imide groups is 1. The molecule has 1 aromatic carbocycles. The summed E-state index contributed by atoms with van der Waals surface area (Å²) in [7, 11) is 3.50. The van der Waals surface area contributed by atoms with Crippen molar-refractivity contribution in [2.75, 3.05) is 27.3 Å². The molecule has 0 fully saturated rings. The van der Waals surface area contributed by atoms with Crippen molar-refractivity contribution in [3.8, 4) is 11.5 Å². The normalized spacial score (nSPS) is 12.8. The van der Waals surface area contributed by atoms with Crippen molar-refractivity contribution in [2.45, 2.75) is 39.8 Å². The first-order valence-corrected chi connectivity index (χ1v) is 8.60. The highest BCUT2D eigenvalue weighted by Gasteiger charge is 2.15. The van der Waals surface area contributed by atoms with Crippen molar-refractivity contribution in [1.82, 2.24) is 10.6 Å². The molecular formula is C18H30N3O4+. The van der Waals surface area contributed by atoms with E-state index in [9.17, 15) is 9.59 Å². The zero-order valence-electron chi connectivity index (χ0n) is 15.8. The Bertz CT molecular complexity index is 577. The van der Waals surface area contributed by atoms with Crippen LogP contribution in [-0.2, 0) is 11.3 Å². The highest BCUT2D eigenvalue weighted by molar-refractivity contribution is 5.94. The number of quaternary nitrogens is 1. The highest BCUT2D eigenvalue weighted by atomic mass is 16.5. The molecule has 0 bridgehead atoms. The Balaban J connectivity index is 2.54. The van der Waals surface area contributed by atoms with E-state index < -0.39 is 6.03 Å². The summed E-state index contributed by atoms with van der Waals surface area (Å²) < 4.78 is 10.8. The van der Waals surface area contributed by atoms with E-state index in [0.717, 1.165) is 16.9 Å². The van der Waals surface area contributed by atoms with E-state index in [1.165, 1.54) is 0 Å². The van der Waals surface area contributed by atoms with Crippen LogP contribution in [-0.4, -0.2) is 45.3 Å². The second-order valence-corrected chi connectivity index (χ2v) is 6.06. The smallest absolute Gasteiger partial charge is 0.321 e. The molecule has 0 radical (unpaired) electrons. The average molecular weight is 352 g/mol. The molecule has 0 saturated heterocycles. The lowest BCUT2D eigenvalue weighted by Crippen LogP contribution is -3.09. The summed E-state index contributed by atoms with van der Waals surface area (Å²) in [6.07, 6.45) is 0.812. The van der Waals surface area contributed by atoms with Gasteiger partial charge in [0.1, 0.15) is 6.54 Å². The maximum absolute atomic E-state index is 11.9. The van der Waals surface area contributed by atoms with E-state index in [4.69, 9.17) is 9.47 Å². The van der Waals surface area contributed by atoms with Crippen molar-refractivity contribution in [2.24, 2.45) is 0 Å². The number of carbonyl (C=O) groups is 2. The molecule has 0 aliphatic heterocycles. The summed E-state index contributed by atoms with van der Waals surface area (Å²) in [6.45, 7) is 7.17. The van der Waals surface area contributed by atoms with Crippen molar-refractivity contribution in [3.63, 3.8) is 0 Å². The molecule has 2 atom stereocenters. The number of methoxy groups -OCH3 is 1. The maximum atomic E-state index is 11.9. The Kier molecular flexibility index (Phi) is 8.77. The van der Waals surface area contributed by atoms with Crippen LogP contribution in [0.1, 0.15) is 32.8 Å². The lowest BCUT2D eigenvalue weighted by atomic mass is 10.2. The van der Waals surface area contributed by atoms with Crippen molar-refractivity contribution in [1.29, 1.82) is 0 Å². The van der Waals surface area contributed by atoms with Crippen LogP contribution in [0.25, 0.3) is 0 Å². The standard InChI is InChI=1S/C18H29N3O4/c1-6-13(3)19-18(23)20-17(22)12-21(4)11-14-8-9-15(25-7-2)16(10-14)24-5/h8-10,13H,6-7,11-12H2,1-5H3,(H2,19,20,22,23)/p+1/t13-/m0/s1. The van der Waals surface area contributed by atoms with Crippen LogP contribution in [0, 0.1) is 0 Å². The number of likely N-dealkylation sites (N-methyl/N-ethyl adjacent to an activating group) is 1. The van der Waals surface area contributed by atoms with Gasteiger partial charge in [-0.05, 0) is 38.5 Å². The molecule has 0 spiro atoms. The average Bonchev–Trinajstić information content (AvgIpc) is 2.55. The summed E-state index contributed by atoms with van der Waals surface area (Å²) in [5, 5.41) is 5.06. The highest BCUT2D eigenvalue weighted by Crippen LogP contribution is 2.27. The number of ether oxygens (including phenoxy) is 2. The van der Waals surface area contributed by atoms with Crippen molar-refractivity contribution >= 4 is 11.9 Å². The third-order valence-electron chi connectivity index (χ3n) is 3.74. The van der Waals surface area contributed by atoms with E-state index in [1.54, 1.807) is 7.11 Å². The number of benzene rings is 1. The maximum Gasteiger partial charge on any atom is 0.321 e. The summed E-state index contributed by atoms with van der Waals surface area (Å²) >= 11 is 0. The van der Waals surface area contributed by atoms with Gasteiger partial charge < -0.3 is 19.7 Å². The number of nitrogens with one attached hydrogen (secondary N) is 3. The topological polar surface area (TPSA) is 81.1 Å². The van der Waals surface area contributed by atoms with Crippen LogP contribution in [0.15, 0.2) is 18.2 Å². The van der Waals surface area contributed by atoms with Crippen LogP contribution >= 0.6 is 0 Å². The molecule has 140 valence electrons. The van der Waals surface area contributed by atoms with E-state index in [-0.39, 0.29) is 18.5 Å². The monoisotopic (exact) mass is 352 g/mol. The number of hydrogen-bond acceptors (Lipinski definition) is 4. The quantitative estimate of drug-likeness (QED) is 0.612. The fraction of sp³-hybridized carbons (Fsp3) is 0.556. The SMILES string of the molecule is CCOc1ccc(C[NH+](C)CC(=O)NC(=O)N[C@@H](C)CC)cc1OC. The number of urea groups is 1. The fourth-order valence-corrected chi connectivity index (χ4v) is 2.31. The minimum absolute atomic E-state index is 0.0363. The molecule has 0 aromatic heterocycles. The molecule has 7 nitrogen and oxygen atoms in total. The van der Waals surface area contributed by atoms with E-state index in [0.29, 0.717) is 24.7 Å². The minimum atomic E-state index is -0.449. The summed E-state index contributed by atoms with van der Waals surface area (Å²) in [5.74, 6) is 1.06. The molecular weight excluding hydrogens is 322 g/mol. The number of hydrogen-bond donors (Lipinski definition) is 3. The molecule has 25 heavy (non-hydrogen) atoms. The molecule has 1 unspecified atom stereocenters. The zero-order chi connectivity index (χ0) is 18.8. The van der Waals surface area contributed by atoms with Crippen molar-refractivity contribution in [3.05, 3.63) is 23.8 Å². The van der Waals surface area contributed by atoms with E-state index in [1.807, 2.05) is 46.0 Å². The lowest BCUT2D eigenvalue weighted by Gasteiger charge is -2.16. The summed E-state index contributed by atoms with van der Waals surface area (Å²) in [6, 6.07) is 5.31. The molecule has 3 amide bonds. The Morgan fingerprint density at radius 2 is 1.96 bits per heavy atom. The van der Waals surface area contributed by atoms with Crippen LogP contribution < -0.4 is 25.0 Å². The Labute approximate surface area is 149 Å². The Hall–Kier alpha value is -2.28. The number of amides is 3. The van der Waals surface area contributed by atoms with Gasteiger partial charge in [-0.2, -0.15) is 0 Å². The van der Waals surface area contributed by atoms with Crippen molar-refractivity contribution < 1.29 is 24.0 Å². The lowest BCUT2D eigenvalue weighted by molar-refractivity contribution is -0.885. The molecule has 7 heteroatoms. The van der Waals surface area contributed by atoms with Crippen LogP contribution in [0.4, 0.5) is 4.79 Å². The summed E-state index contributed by atoms with van der Waals surface area (Å²) in [5.41, 5.74) is 1.02. The van der Waals surface area contributed by atoms with Gasteiger partial charge in [-0.3, -0.25) is 10.1 Å². The fourth-order valence-electron chi connectivity index (χ4n) is 2.31.